The van der Waals surface area contributed by atoms with Crippen molar-refractivity contribution in [3.63, 3.8) is 0 Å². The number of carboxylic acid groups (broad SMARTS) is 1. The van der Waals surface area contributed by atoms with Crippen LogP contribution in [0, 0.1) is 17.5 Å². The van der Waals surface area contributed by atoms with Crippen LogP contribution in [0.3, 0.4) is 0 Å². The number of thiocarbonyl (C=S) groups is 1. The first-order valence-electron chi connectivity index (χ1n) is 14.2. The molecule has 240 valence electrons. The molecular formula is C32H28F3N3O6S2. The molecule has 2 aliphatic heterocycles. The summed E-state index contributed by atoms with van der Waals surface area (Å²) in [7, 11) is 0. The Labute approximate surface area is 272 Å². The summed E-state index contributed by atoms with van der Waals surface area (Å²) < 4.78 is 54.3. The van der Waals surface area contributed by atoms with Crippen molar-refractivity contribution in [3.05, 3.63) is 88.1 Å². The molecule has 9 nitrogen and oxygen atoms in total. The molecule has 0 bridgehead atoms. The number of anilines is 1. The van der Waals surface area contributed by atoms with Crippen LogP contribution in [0.5, 0.6) is 5.75 Å². The van der Waals surface area contributed by atoms with E-state index in [9.17, 15) is 27.6 Å². The molecule has 2 fully saturated rings. The lowest BCUT2D eigenvalue weighted by Gasteiger charge is -2.26. The molecule has 2 aliphatic rings. The normalized spacial score (nSPS) is 16.2. The Morgan fingerprint density at radius 2 is 1.80 bits per heavy atom. The zero-order valence-electron chi connectivity index (χ0n) is 24.3. The van der Waals surface area contributed by atoms with E-state index in [2.05, 4.69) is 10.2 Å². The number of nitrogens with one attached hydrogen (secondary N) is 1. The molecule has 3 aromatic carbocycles. The molecule has 2 N–H and O–H groups in total. The van der Waals surface area contributed by atoms with Gasteiger partial charge in [0, 0.05) is 49.4 Å². The number of benzene rings is 3. The van der Waals surface area contributed by atoms with E-state index in [1.54, 1.807) is 24.3 Å². The first-order valence-corrected chi connectivity index (χ1v) is 15.4. The molecule has 5 rings (SSSR count). The lowest BCUT2D eigenvalue weighted by molar-refractivity contribution is -0.122. The molecule has 0 spiro atoms. The van der Waals surface area contributed by atoms with Crippen molar-refractivity contribution in [3.8, 4) is 16.9 Å². The summed E-state index contributed by atoms with van der Waals surface area (Å²) >= 11 is 6.43. The topological polar surface area (TPSA) is 108 Å². The maximum atomic E-state index is 14.6. The molecule has 2 heterocycles. The number of nitrogens with zero attached hydrogens (tertiary/aromatic N) is 2. The molecule has 0 aliphatic carbocycles. The number of aromatic carboxylic acids is 1. The molecule has 3 aromatic rings. The Kier molecular flexibility index (Phi) is 10.7. The van der Waals surface area contributed by atoms with Gasteiger partial charge in [0.25, 0.3) is 5.91 Å². The Morgan fingerprint density at radius 1 is 1.02 bits per heavy atom. The largest absolute Gasteiger partial charge is 0.492 e. The average molecular weight is 672 g/mol. The van der Waals surface area contributed by atoms with Gasteiger partial charge >= 0.3 is 5.97 Å². The Balaban J connectivity index is 1.31. The fraction of sp³-hybridized carbons (Fsp3) is 0.250. The fourth-order valence-electron chi connectivity index (χ4n) is 4.83. The quantitative estimate of drug-likeness (QED) is 0.204. The van der Waals surface area contributed by atoms with Gasteiger partial charge in [-0.1, -0.05) is 30.0 Å². The van der Waals surface area contributed by atoms with E-state index in [1.165, 1.54) is 11.0 Å². The number of morpholine rings is 1. The van der Waals surface area contributed by atoms with E-state index < -0.39 is 40.8 Å². The lowest BCUT2D eigenvalue weighted by atomic mass is 10.0. The van der Waals surface area contributed by atoms with Crippen molar-refractivity contribution in [2.24, 2.45) is 0 Å². The molecular weight excluding hydrogens is 643 g/mol. The minimum absolute atomic E-state index is 0.0468. The number of hydrogen-bond acceptors (Lipinski definition) is 8. The third kappa shape index (κ3) is 8.12. The second-order valence-corrected chi connectivity index (χ2v) is 12.0. The molecule has 2 saturated heterocycles. The number of halogens is 3. The molecule has 46 heavy (non-hydrogen) atoms. The van der Waals surface area contributed by atoms with Crippen LogP contribution in [-0.4, -0.2) is 83.0 Å². The number of rotatable bonds is 11. The Morgan fingerprint density at radius 3 is 2.54 bits per heavy atom. The second-order valence-electron chi connectivity index (χ2n) is 10.3. The van der Waals surface area contributed by atoms with Crippen molar-refractivity contribution in [1.82, 2.24) is 9.80 Å². The van der Waals surface area contributed by atoms with Crippen molar-refractivity contribution in [2.45, 2.75) is 6.42 Å². The van der Waals surface area contributed by atoms with Crippen LogP contribution < -0.4 is 10.1 Å². The molecule has 0 atom stereocenters. The summed E-state index contributed by atoms with van der Waals surface area (Å²) in [5, 5.41) is 11.4. The van der Waals surface area contributed by atoms with Crippen molar-refractivity contribution < 1.29 is 42.1 Å². The number of amides is 2. The summed E-state index contributed by atoms with van der Waals surface area (Å²) in [6, 6.07) is 11.2. The number of hydrogen-bond donors (Lipinski definition) is 2. The molecule has 0 radical (unpaired) electrons. The van der Waals surface area contributed by atoms with Crippen LogP contribution in [0.1, 0.15) is 22.3 Å². The maximum absolute atomic E-state index is 14.6. The highest BCUT2D eigenvalue weighted by molar-refractivity contribution is 8.26. The highest BCUT2D eigenvalue weighted by atomic mass is 32.2. The maximum Gasteiger partial charge on any atom is 0.338 e. The summed E-state index contributed by atoms with van der Waals surface area (Å²) in [6.45, 7) is 3.76. The zero-order chi connectivity index (χ0) is 32.8. The minimum Gasteiger partial charge on any atom is -0.492 e. The summed E-state index contributed by atoms with van der Waals surface area (Å²) in [4.78, 5) is 40.6. The number of ether oxygens (including phenoxy) is 2. The third-order valence-electron chi connectivity index (χ3n) is 7.22. The van der Waals surface area contributed by atoms with E-state index in [-0.39, 0.29) is 33.4 Å². The van der Waals surface area contributed by atoms with Gasteiger partial charge in [-0.2, -0.15) is 0 Å². The van der Waals surface area contributed by atoms with Crippen LogP contribution in [0.2, 0.25) is 0 Å². The predicted molar refractivity (Wildman–Crippen MR) is 171 cm³/mol. The van der Waals surface area contributed by atoms with Crippen LogP contribution >= 0.6 is 24.0 Å². The van der Waals surface area contributed by atoms with Gasteiger partial charge < -0.3 is 19.9 Å². The Bertz CT molecular complexity index is 1710. The molecule has 14 heteroatoms. The van der Waals surface area contributed by atoms with Gasteiger partial charge in [-0.3, -0.25) is 19.4 Å². The van der Waals surface area contributed by atoms with Gasteiger partial charge in [0.15, 0.2) is 0 Å². The molecule has 0 saturated carbocycles. The highest BCUT2D eigenvalue weighted by Gasteiger charge is 2.32. The van der Waals surface area contributed by atoms with E-state index in [1.807, 2.05) is 0 Å². The minimum atomic E-state index is -1.43. The van der Waals surface area contributed by atoms with Crippen LogP contribution in [0.25, 0.3) is 17.2 Å². The number of carbonyl (C=O) groups excluding carboxylic acids is 2. The zero-order valence-corrected chi connectivity index (χ0v) is 25.9. The van der Waals surface area contributed by atoms with Crippen LogP contribution in [0.4, 0.5) is 18.9 Å². The van der Waals surface area contributed by atoms with Gasteiger partial charge in [-0.25, -0.2) is 18.0 Å². The van der Waals surface area contributed by atoms with Gasteiger partial charge in [-0.15, -0.1) is 0 Å². The average Bonchev–Trinajstić information content (AvgIpc) is 3.29. The second kappa shape index (κ2) is 14.9. The van der Waals surface area contributed by atoms with Gasteiger partial charge in [0.05, 0.1) is 23.7 Å². The summed E-state index contributed by atoms with van der Waals surface area (Å²) in [5.41, 5.74) is 0.413. The van der Waals surface area contributed by atoms with Gasteiger partial charge in [-0.05, 0) is 60.2 Å². The van der Waals surface area contributed by atoms with E-state index in [0.717, 1.165) is 55.2 Å². The first kappa shape index (κ1) is 33.1. The fourth-order valence-corrected chi connectivity index (χ4v) is 6.13. The van der Waals surface area contributed by atoms with Crippen LogP contribution in [-0.2, 0) is 14.3 Å². The van der Waals surface area contributed by atoms with Gasteiger partial charge in [0.1, 0.15) is 34.1 Å². The van der Waals surface area contributed by atoms with E-state index in [0.29, 0.717) is 43.2 Å². The number of carbonyl (C=O) groups is 3. The third-order valence-corrected chi connectivity index (χ3v) is 8.60. The van der Waals surface area contributed by atoms with E-state index >= 15 is 0 Å². The predicted octanol–water partition coefficient (Wildman–Crippen LogP) is 5.41. The van der Waals surface area contributed by atoms with Gasteiger partial charge in [0.2, 0.25) is 5.91 Å². The molecule has 0 aromatic heterocycles. The van der Waals surface area contributed by atoms with Crippen molar-refractivity contribution >= 4 is 57.8 Å². The number of carboxylic acids is 1. The monoisotopic (exact) mass is 671 g/mol. The van der Waals surface area contributed by atoms with Crippen molar-refractivity contribution in [2.75, 3.05) is 51.3 Å². The lowest BCUT2D eigenvalue weighted by Crippen LogP contribution is -2.38. The summed E-state index contributed by atoms with van der Waals surface area (Å²) in [5.74, 6) is -4.21. The molecule has 0 unspecified atom stereocenters. The van der Waals surface area contributed by atoms with E-state index in [4.69, 9.17) is 26.8 Å². The van der Waals surface area contributed by atoms with Crippen molar-refractivity contribution in [1.29, 1.82) is 0 Å². The number of thioether (sulfide) groups is 1. The first-order chi connectivity index (χ1) is 22.1. The summed E-state index contributed by atoms with van der Waals surface area (Å²) in [6.07, 6.45) is 1.39. The smallest absolute Gasteiger partial charge is 0.338 e. The SMILES string of the molecule is O=C(CCN1C(=O)C(=Cc2cc(-c3cc(F)ccc3F)ccc2OCCN2CCOCC2)SC1=S)Nc1ccc(C(=O)O)c(F)c1. The van der Waals surface area contributed by atoms with Crippen LogP contribution in [0.15, 0.2) is 59.5 Å². The standard InChI is InChI=1S/C32H28F3N3O6S2/c33-21-2-5-25(34)24(17-21)19-1-6-27(44-14-11-37-9-12-43-13-10-37)20(15-19)16-28-30(40)38(32(45)46-28)8-7-29(39)36-22-3-4-23(31(41)42)26(35)18-22/h1-6,15-18H,7-14H2,(H,36,39)(H,41,42). The molecule has 2 amide bonds. The Hall–Kier alpha value is -4.24. The highest BCUT2D eigenvalue weighted by Crippen LogP contribution is 2.36.